The lowest BCUT2D eigenvalue weighted by molar-refractivity contribution is 0.235. The lowest BCUT2D eigenvalue weighted by Crippen LogP contribution is -2.36. The first-order chi connectivity index (χ1) is 8.81. The molecule has 0 amide bonds. The number of anilines is 1. The molecule has 1 aromatic rings. The summed E-state index contributed by atoms with van der Waals surface area (Å²) in [6.07, 6.45) is 2.14. The van der Waals surface area contributed by atoms with Gasteiger partial charge in [-0.15, -0.1) is 0 Å². The van der Waals surface area contributed by atoms with E-state index in [1.165, 1.54) is 4.68 Å². The average molecular weight is 288 g/mol. The van der Waals surface area contributed by atoms with E-state index in [1.54, 1.807) is 6.20 Å². The molecule has 0 aliphatic heterocycles. The maximum Gasteiger partial charge on any atom is 0.287 e. The molecule has 0 aromatic carbocycles. The Hall–Kier alpha value is -1.07. The number of aryl methyl sites for hydroxylation is 1. The summed E-state index contributed by atoms with van der Waals surface area (Å²) >= 11 is 6.07. The molecule has 6 heteroatoms. The van der Waals surface area contributed by atoms with Crippen LogP contribution in [0.3, 0.4) is 0 Å². The molecule has 0 radical (unpaired) electrons. The number of aliphatic hydroxyl groups excluding tert-OH is 1. The van der Waals surface area contributed by atoms with E-state index < -0.39 is 0 Å². The summed E-state index contributed by atoms with van der Waals surface area (Å²) in [5, 5.41) is 16.5. The number of aromatic nitrogens is 2. The van der Waals surface area contributed by atoms with Gasteiger partial charge in [-0.05, 0) is 18.8 Å². The van der Waals surface area contributed by atoms with Gasteiger partial charge in [-0.3, -0.25) is 4.79 Å². The first kappa shape index (κ1) is 16.0. The monoisotopic (exact) mass is 287 g/mol. The Labute approximate surface area is 118 Å². The van der Waals surface area contributed by atoms with Crippen LogP contribution in [-0.4, -0.2) is 27.5 Å². The summed E-state index contributed by atoms with van der Waals surface area (Å²) in [4.78, 5) is 11.9. The quantitative estimate of drug-likeness (QED) is 0.870. The lowest BCUT2D eigenvalue weighted by atomic mass is 9.85. The fraction of sp³-hybridized carbons (Fsp3) is 0.692. The zero-order valence-electron chi connectivity index (χ0n) is 11.9. The second kappa shape index (κ2) is 6.39. The van der Waals surface area contributed by atoms with Gasteiger partial charge in [0.1, 0.15) is 5.02 Å². The number of nitrogens with zero attached hydrogens (tertiary/aromatic N) is 2. The smallest absolute Gasteiger partial charge is 0.287 e. The lowest BCUT2D eigenvalue weighted by Gasteiger charge is -2.32. The molecule has 0 fully saturated rings. The van der Waals surface area contributed by atoms with Gasteiger partial charge in [0.05, 0.1) is 11.9 Å². The van der Waals surface area contributed by atoms with Crippen molar-refractivity contribution >= 4 is 17.3 Å². The van der Waals surface area contributed by atoms with E-state index in [2.05, 4.69) is 31.2 Å². The van der Waals surface area contributed by atoms with Crippen LogP contribution in [0, 0.1) is 5.41 Å². The van der Waals surface area contributed by atoms with E-state index in [1.807, 2.05) is 6.92 Å². The number of hydrogen-bond donors (Lipinski definition) is 2. The Kier molecular flexibility index (Phi) is 5.38. The van der Waals surface area contributed by atoms with Gasteiger partial charge in [0.25, 0.3) is 5.56 Å². The van der Waals surface area contributed by atoms with Crippen molar-refractivity contribution in [2.75, 3.05) is 11.9 Å². The minimum atomic E-state index is -0.300. The van der Waals surface area contributed by atoms with Crippen molar-refractivity contribution in [3.05, 3.63) is 21.6 Å². The first-order valence-corrected chi connectivity index (χ1v) is 6.82. The largest absolute Gasteiger partial charge is 0.396 e. The summed E-state index contributed by atoms with van der Waals surface area (Å²) in [6, 6.07) is 0.00803. The molecule has 1 unspecified atom stereocenters. The van der Waals surface area contributed by atoms with Crippen molar-refractivity contribution in [2.45, 2.75) is 46.7 Å². The minimum Gasteiger partial charge on any atom is -0.396 e. The van der Waals surface area contributed by atoms with Gasteiger partial charge in [-0.25, -0.2) is 4.68 Å². The highest BCUT2D eigenvalue weighted by molar-refractivity contribution is 6.32. The normalized spacial score (nSPS) is 13.4. The summed E-state index contributed by atoms with van der Waals surface area (Å²) in [5.41, 5.74) is 0.154. The molecular formula is C13H22ClN3O2. The summed E-state index contributed by atoms with van der Waals surface area (Å²) in [6.45, 7) is 8.59. The molecule has 0 spiro atoms. The fourth-order valence-electron chi connectivity index (χ4n) is 1.83. The third-order valence-corrected chi connectivity index (χ3v) is 3.44. The maximum absolute atomic E-state index is 11.9. The van der Waals surface area contributed by atoms with E-state index in [0.29, 0.717) is 18.7 Å². The van der Waals surface area contributed by atoms with E-state index in [-0.39, 0.29) is 28.6 Å². The predicted octanol–water partition coefficient (Wildman–Crippen LogP) is 2.13. The molecule has 1 heterocycles. The zero-order valence-corrected chi connectivity index (χ0v) is 12.7. The highest BCUT2D eigenvalue weighted by Gasteiger charge is 2.25. The van der Waals surface area contributed by atoms with Gasteiger partial charge >= 0.3 is 0 Å². The third-order valence-electron chi connectivity index (χ3n) is 3.08. The van der Waals surface area contributed by atoms with Crippen LogP contribution in [-0.2, 0) is 6.54 Å². The van der Waals surface area contributed by atoms with Crippen LogP contribution < -0.4 is 10.9 Å². The van der Waals surface area contributed by atoms with Crippen LogP contribution in [0.2, 0.25) is 5.02 Å². The van der Waals surface area contributed by atoms with Crippen molar-refractivity contribution in [2.24, 2.45) is 5.41 Å². The molecule has 19 heavy (non-hydrogen) atoms. The van der Waals surface area contributed by atoms with Crippen LogP contribution in [0.4, 0.5) is 5.69 Å². The summed E-state index contributed by atoms with van der Waals surface area (Å²) in [5.74, 6) is 0. The van der Waals surface area contributed by atoms with E-state index in [4.69, 9.17) is 16.7 Å². The molecule has 1 rings (SSSR count). The van der Waals surface area contributed by atoms with Crippen molar-refractivity contribution in [1.82, 2.24) is 9.78 Å². The predicted molar refractivity (Wildman–Crippen MR) is 77.7 cm³/mol. The fourth-order valence-corrected chi connectivity index (χ4v) is 2.03. The van der Waals surface area contributed by atoms with Crippen LogP contribution in [0.15, 0.2) is 11.0 Å². The molecule has 0 bridgehead atoms. The van der Waals surface area contributed by atoms with E-state index in [9.17, 15) is 4.79 Å². The number of halogens is 1. The molecule has 0 aliphatic rings. The van der Waals surface area contributed by atoms with Gasteiger partial charge in [0, 0.05) is 19.2 Å². The minimum absolute atomic E-state index is 0.00803. The Morgan fingerprint density at radius 1 is 1.53 bits per heavy atom. The Morgan fingerprint density at radius 2 is 2.16 bits per heavy atom. The number of nitrogens with one attached hydrogen (secondary N) is 1. The number of hydrogen-bond acceptors (Lipinski definition) is 4. The first-order valence-electron chi connectivity index (χ1n) is 6.44. The van der Waals surface area contributed by atoms with E-state index >= 15 is 0 Å². The van der Waals surface area contributed by atoms with Gasteiger partial charge in [-0.1, -0.05) is 32.4 Å². The average Bonchev–Trinajstić information content (AvgIpc) is 2.33. The van der Waals surface area contributed by atoms with Gasteiger partial charge in [0.15, 0.2) is 0 Å². The van der Waals surface area contributed by atoms with Crippen LogP contribution in [0.5, 0.6) is 0 Å². The second-order valence-electron chi connectivity index (χ2n) is 5.57. The van der Waals surface area contributed by atoms with E-state index in [0.717, 1.165) is 0 Å². The van der Waals surface area contributed by atoms with Crippen LogP contribution in [0.1, 0.15) is 34.1 Å². The van der Waals surface area contributed by atoms with Crippen molar-refractivity contribution in [3.8, 4) is 0 Å². The Bertz CT molecular complexity index is 480. The van der Waals surface area contributed by atoms with Crippen molar-refractivity contribution < 1.29 is 5.11 Å². The SMILES string of the molecule is CCn1ncc(NC(CCO)C(C)(C)C)c(Cl)c1=O. The molecule has 108 valence electrons. The standard InChI is InChI=1S/C13H22ClN3O2/c1-5-17-12(19)11(14)9(8-15-17)16-10(6-7-18)13(2,3)4/h8,10,16,18H,5-7H2,1-4H3. The van der Waals surface area contributed by atoms with Gasteiger partial charge in [0.2, 0.25) is 0 Å². The highest BCUT2D eigenvalue weighted by Crippen LogP contribution is 2.27. The van der Waals surface area contributed by atoms with Crippen molar-refractivity contribution in [1.29, 1.82) is 0 Å². The highest BCUT2D eigenvalue weighted by atomic mass is 35.5. The maximum atomic E-state index is 11.9. The Balaban J connectivity index is 3.04. The van der Waals surface area contributed by atoms with Crippen molar-refractivity contribution in [3.63, 3.8) is 0 Å². The molecule has 2 N–H and O–H groups in total. The van der Waals surface area contributed by atoms with Gasteiger partial charge < -0.3 is 10.4 Å². The topological polar surface area (TPSA) is 67.2 Å². The molecule has 0 aliphatic carbocycles. The van der Waals surface area contributed by atoms with Crippen LogP contribution in [0.25, 0.3) is 0 Å². The number of aliphatic hydroxyl groups is 1. The van der Waals surface area contributed by atoms with Gasteiger partial charge in [-0.2, -0.15) is 5.10 Å². The molecule has 1 aromatic heterocycles. The molecule has 0 saturated carbocycles. The summed E-state index contributed by atoms with van der Waals surface area (Å²) in [7, 11) is 0. The third kappa shape index (κ3) is 3.94. The number of rotatable bonds is 5. The molecule has 1 atom stereocenters. The second-order valence-corrected chi connectivity index (χ2v) is 5.95. The molecular weight excluding hydrogens is 266 g/mol. The zero-order chi connectivity index (χ0) is 14.6. The molecule has 0 saturated heterocycles. The summed E-state index contributed by atoms with van der Waals surface area (Å²) < 4.78 is 1.31. The Morgan fingerprint density at radius 3 is 2.63 bits per heavy atom. The van der Waals surface area contributed by atoms with Crippen LogP contribution >= 0.6 is 11.6 Å². The molecule has 5 nitrogen and oxygen atoms in total.